The zero-order valence-corrected chi connectivity index (χ0v) is 16.4. The maximum Gasteiger partial charge on any atom is 0.249 e. The third kappa shape index (κ3) is 2.99. The van der Waals surface area contributed by atoms with Crippen molar-refractivity contribution in [2.45, 2.75) is 52.0 Å². The van der Waals surface area contributed by atoms with E-state index < -0.39 is 6.04 Å². The topological polar surface area (TPSA) is 92.3 Å². The average Bonchev–Trinajstić information content (AvgIpc) is 3.22. The lowest BCUT2D eigenvalue weighted by Crippen LogP contribution is -2.47. The molecule has 2 fully saturated rings. The Balaban J connectivity index is 1.52. The van der Waals surface area contributed by atoms with Gasteiger partial charge in [-0.15, -0.1) is 10.2 Å². The Bertz CT molecular complexity index is 773. The summed E-state index contributed by atoms with van der Waals surface area (Å²) in [6.07, 6.45) is 8.21. The third-order valence-electron chi connectivity index (χ3n) is 5.96. The maximum atomic E-state index is 13.1. The molecular formula is C19H24N4O3S. The number of hydrogen-bond acceptors (Lipinski definition) is 6. The first-order chi connectivity index (χ1) is 13.0. The summed E-state index contributed by atoms with van der Waals surface area (Å²) in [7, 11) is 0. The summed E-state index contributed by atoms with van der Waals surface area (Å²) < 4.78 is 0. The first kappa shape index (κ1) is 18.3. The molecule has 2 bridgehead atoms. The van der Waals surface area contributed by atoms with Crippen molar-refractivity contribution in [3.05, 3.63) is 17.2 Å². The van der Waals surface area contributed by atoms with Gasteiger partial charge in [0.2, 0.25) is 22.9 Å². The molecule has 3 aliphatic carbocycles. The van der Waals surface area contributed by atoms with Crippen LogP contribution in [0.15, 0.2) is 12.2 Å². The number of fused-ring (bicyclic) bond motifs is 1. The Morgan fingerprint density at radius 2 is 1.81 bits per heavy atom. The van der Waals surface area contributed by atoms with E-state index >= 15 is 0 Å². The van der Waals surface area contributed by atoms with Crippen molar-refractivity contribution in [3.63, 3.8) is 0 Å². The van der Waals surface area contributed by atoms with Gasteiger partial charge < -0.3 is 0 Å². The number of imide groups is 1. The van der Waals surface area contributed by atoms with Crippen LogP contribution in [-0.4, -0.2) is 38.9 Å². The normalized spacial score (nSPS) is 29.9. The van der Waals surface area contributed by atoms with Crippen molar-refractivity contribution in [1.82, 2.24) is 15.1 Å². The lowest BCUT2D eigenvalue weighted by atomic mass is 9.63. The number of allylic oxidation sites excluding steroid dienone is 2. The minimum atomic E-state index is -0.798. The highest BCUT2D eigenvalue weighted by atomic mass is 32.1. The summed E-state index contributed by atoms with van der Waals surface area (Å²) in [6, 6.07) is -0.798. The van der Waals surface area contributed by atoms with E-state index in [4.69, 9.17) is 0 Å². The standard InChI is InChI=1S/C19H24N4O3S/c1-3-5-13-21-22-19(27-13)20-16(24)12(4-2)23-17(25)14-10-6-7-11(9-8-10)15(14)18(23)26/h6-7,10-12,14-15H,3-5,8-9H2,1-2H3,(H,20,22,24)/t10-,11-,12-,14-,15-/m0/s1. The fourth-order valence-electron chi connectivity index (χ4n) is 4.70. The van der Waals surface area contributed by atoms with Crippen LogP contribution in [0.2, 0.25) is 0 Å². The van der Waals surface area contributed by atoms with Crippen LogP contribution in [0.5, 0.6) is 0 Å². The van der Waals surface area contributed by atoms with E-state index in [0.717, 1.165) is 30.7 Å². The van der Waals surface area contributed by atoms with E-state index in [2.05, 4.69) is 34.6 Å². The van der Waals surface area contributed by atoms with Crippen molar-refractivity contribution in [2.75, 3.05) is 5.32 Å². The quantitative estimate of drug-likeness (QED) is 0.597. The van der Waals surface area contributed by atoms with Crippen LogP contribution >= 0.6 is 11.3 Å². The largest absolute Gasteiger partial charge is 0.299 e. The summed E-state index contributed by atoms with van der Waals surface area (Å²) in [5.41, 5.74) is 0. The molecular weight excluding hydrogens is 364 g/mol. The second-order valence-electron chi connectivity index (χ2n) is 7.55. The van der Waals surface area contributed by atoms with Crippen LogP contribution in [0.4, 0.5) is 5.13 Å². The number of anilines is 1. The van der Waals surface area contributed by atoms with Gasteiger partial charge in [0.25, 0.3) is 0 Å². The number of hydrogen-bond donors (Lipinski definition) is 1. The highest BCUT2D eigenvalue weighted by molar-refractivity contribution is 7.15. The van der Waals surface area contributed by atoms with E-state index in [1.165, 1.54) is 16.2 Å². The fourth-order valence-corrected chi connectivity index (χ4v) is 5.54. The van der Waals surface area contributed by atoms with Gasteiger partial charge in [0.1, 0.15) is 11.0 Å². The molecule has 0 radical (unpaired) electrons. The second-order valence-corrected chi connectivity index (χ2v) is 8.61. The van der Waals surface area contributed by atoms with Gasteiger partial charge in [-0.3, -0.25) is 24.6 Å². The van der Waals surface area contributed by atoms with Crippen molar-refractivity contribution in [2.24, 2.45) is 23.7 Å². The van der Waals surface area contributed by atoms with Crippen LogP contribution in [0.3, 0.4) is 0 Å². The van der Waals surface area contributed by atoms with E-state index in [1.807, 2.05) is 6.92 Å². The van der Waals surface area contributed by atoms with Crippen molar-refractivity contribution in [1.29, 1.82) is 0 Å². The zero-order valence-electron chi connectivity index (χ0n) is 15.6. The Morgan fingerprint density at radius 3 is 2.33 bits per heavy atom. The predicted molar refractivity (Wildman–Crippen MR) is 101 cm³/mol. The Kier molecular flexibility index (Phi) is 4.84. The zero-order chi connectivity index (χ0) is 19.1. The van der Waals surface area contributed by atoms with Gasteiger partial charge in [-0.2, -0.15) is 0 Å². The van der Waals surface area contributed by atoms with Gasteiger partial charge in [0.15, 0.2) is 0 Å². The number of amides is 3. The van der Waals surface area contributed by atoms with Gasteiger partial charge >= 0.3 is 0 Å². The molecule has 1 aliphatic heterocycles. The molecule has 27 heavy (non-hydrogen) atoms. The molecule has 7 nitrogen and oxygen atoms in total. The van der Waals surface area contributed by atoms with Crippen LogP contribution < -0.4 is 5.32 Å². The molecule has 1 N–H and O–H groups in total. The van der Waals surface area contributed by atoms with Crippen LogP contribution in [-0.2, 0) is 20.8 Å². The van der Waals surface area contributed by atoms with Crippen LogP contribution in [0.25, 0.3) is 0 Å². The Hall–Kier alpha value is -2.09. The number of aromatic nitrogens is 2. The number of nitrogens with one attached hydrogen (secondary N) is 1. The number of likely N-dealkylation sites (tertiary alicyclic amines) is 1. The van der Waals surface area contributed by atoms with E-state index in [1.54, 1.807) is 0 Å². The van der Waals surface area contributed by atoms with Crippen LogP contribution in [0, 0.1) is 23.7 Å². The number of nitrogens with zero attached hydrogens (tertiary/aromatic N) is 3. The van der Waals surface area contributed by atoms with Crippen molar-refractivity contribution < 1.29 is 14.4 Å². The molecule has 1 aromatic rings. The molecule has 3 amide bonds. The van der Waals surface area contributed by atoms with Crippen molar-refractivity contribution in [3.8, 4) is 0 Å². The summed E-state index contributed by atoms with van der Waals surface area (Å²) in [6.45, 7) is 3.88. The highest BCUT2D eigenvalue weighted by Gasteiger charge is 2.58. The monoisotopic (exact) mass is 388 g/mol. The van der Waals surface area contributed by atoms with E-state index in [-0.39, 0.29) is 41.4 Å². The molecule has 1 aromatic heterocycles. The van der Waals surface area contributed by atoms with E-state index in [9.17, 15) is 14.4 Å². The summed E-state index contributed by atoms with van der Waals surface area (Å²) in [5.74, 6) is -1.06. The predicted octanol–water partition coefficient (Wildman–Crippen LogP) is 2.40. The molecule has 144 valence electrons. The number of carbonyl (C=O) groups is 3. The first-order valence-corrected chi connectivity index (χ1v) is 10.5. The Morgan fingerprint density at radius 1 is 1.19 bits per heavy atom. The molecule has 0 spiro atoms. The summed E-state index contributed by atoms with van der Waals surface area (Å²) >= 11 is 1.34. The number of rotatable bonds is 6. The molecule has 2 heterocycles. The molecule has 1 saturated carbocycles. The first-order valence-electron chi connectivity index (χ1n) is 9.73. The summed E-state index contributed by atoms with van der Waals surface area (Å²) in [4.78, 5) is 40.2. The molecule has 0 unspecified atom stereocenters. The van der Waals surface area contributed by atoms with Crippen molar-refractivity contribution >= 4 is 34.2 Å². The third-order valence-corrected chi connectivity index (χ3v) is 6.85. The maximum absolute atomic E-state index is 13.1. The molecule has 4 aliphatic rings. The van der Waals surface area contributed by atoms with Gasteiger partial charge in [0.05, 0.1) is 11.8 Å². The minimum Gasteiger partial charge on any atom is -0.299 e. The van der Waals surface area contributed by atoms with Gasteiger partial charge in [-0.05, 0) is 37.5 Å². The smallest absolute Gasteiger partial charge is 0.249 e. The minimum absolute atomic E-state index is 0.127. The second kappa shape index (κ2) is 7.14. The van der Waals surface area contributed by atoms with Gasteiger partial charge in [-0.25, -0.2) is 0 Å². The lowest BCUT2D eigenvalue weighted by Gasteiger charge is -2.38. The average molecular weight is 388 g/mol. The summed E-state index contributed by atoms with van der Waals surface area (Å²) in [5, 5.41) is 12.1. The highest BCUT2D eigenvalue weighted by Crippen LogP contribution is 2.50. The molecule has 0 aromatic carbocycles. The molecule has 1 saturated heterocycles. The molecule has 8 heteroatoms. The van der Waals surface area contributed by atoms with Crippen LogP contribution in [0.1, 0.15) is 44.5 Å². The Labute approximate surface area is 162 Å². The fraction of sp³-hybridized carbons (Fsp3) is 0.632. The lowest BCUT2D eigenvalue weighted by molar-refractivity contribution is -0.146. The van der Waals surface area contributed by atoms with Gasteiger partial charge in [-0.1, -0.05) is 37.3 Å². The van der Waals surface area contributed by atoms with Gasteiger partial charge in [0, 0.05) is 6.42 Å². The van der Waals surface area contributed by atoms with E-state index in [0.29, 0.717) is 11.6 Å². The molecule has 5 atom stereocenters. The molecule has 5 rings (SSSR count). The SMILES string of the molecule is CCCc1nnc(NC(=O)[C@H](CC)N2C(=O)[C@@H]3[C@@H](C2=O)[C@H]2C=C[C@H]3CC2)s1. The number of aryl methyl sites for hydroxylation is 1. The number of carbonyl (C=O) groups excluding carboxylic acids is 3.